The third-order valence-electron chi connectivity index (χ3n) is 4.09. The van der Waals surface area contributed by atoms with E-state index in [1.54, 1.807) is 14.2 Å². The van der Waals surface area contributed by atoms with Crippen LogP contribution >= 0.6 is 0 Å². The maximum Gasteiger partial charge on any atom is 0.341 e. The van der Waals surface area contributed by atoms with Crippen LogP contribution < -0.4 is 14.8 Å². The Labute approximate surface area is 143 Å². The summed E-state index contributed by atoms with van der Waals surface area (Å²) in [5.74, 6) is 1.36. The van der Waals surface area contributed by atoms with Gasteiger partial charge in [-0.2, -0.15) is 0 Å². The molecular formula is C17H27N3O4. The fourth-order valence-corrected chi connectivity index (χ4v) is 2.69. The van der Waals surface area contributed by atoms with Crippen molar-refractivity contribution in [1.82, 2.24) is 15.3 Å². The van der Waals surface area contributed by atoms with Gasteiger partial charge in [0, 0.05) is 6.54 Å². The molecule has 1 heterocycles. The van der Waals surface area contributed by atoms with Gasteiger partial charge in [-0.15, -0.1) is 0 Å². The van der Waals surface area contributed by atoms with E-state index in [4.69, 9.17) is 14.3 Å². The van der Waals surface area contributed by atoms with E-state index in [2.05, 4.69) is 10.2 Å². The fourth-order valence-electron chi connectivity index (χ4n) is 2.69. The number of rotatable bonds is 6. The summed E-state index contributed by atoms with van der Waals surface area (Å²) < 4.78 is 10.6. The summed E-state index contributed by atoms with van der Waals surface area (Å²) in [6, 6.07) is 5.61. The van der Waals surface area contributed by atoms with Crippen molar-refractivity contribution in [3.8, 4) is 11.5 Å². The summed E-state index contributed by atoms with van der Waals surface area (Å²) in [7, 11) is 7.18. The molecule has 1 aliphatic rings. The zero-order valence-electron chi connectivity index (χ0n) is 14.9. The van der Waals surface area contributed by atoms with Crippen molar-refractivity contribution in [3.63, 3.8) is 0 Å². The number of carbonyl (C=O) groups excluding carboxylic acids is 1. The Hall–Kier alpha value is -1.99. The van der Waals surface area contributed by atoms with Gasteiger partial charge in [-0.25, -0.2) is 9.86 Å². The van der Waals surface area contributed by atoms with Gasteiger partial charge in [-0.05, 0) is 44.6 Å². The summed E-state index contributed by atoms with van der Waals surface area (Å²) in [5, 5.41) is 4.35. The number of hydrogen-bond acceptors (Lipinski definition) is 5. The molecule has 1 aliphatic heterocycles. The summed E-state index contributed by atoms with van der Waals surface area (Å²) in [6.07, 6.45) is 1.97. The SMILES string of the molecule is COc1ccc([C@@H](CNC(=O)N2CCCCO2)N(C)C)cc1OC. The third-order valence-corrected chi connectivity index (χ3v) is 4.09. The van der Waals surface area contributed by atoms with E-state index in [0.717, 1.165) is 18.4 Å². The van der Waals surface area contributed by atoms with Crippen molar-refractivity contribution in [2.75, 3.05) is 48.0 Å². The predicted octanol–water partition coefficient (Wildman–Crippen LogP) is 2.04. The fraction of sp³-hybridized carbons (Fsp3) is 0.588. The Morgan fingerprint density at radius 2 is 2.04 bits per heavy atom. The second-order valence-electron chi connectivity index (χ2n) is 5.92. The lowest BCUT2D eigenvalue weighted by Crippen LogP contribution is -2.45. The Bertz CT molecular complexity index is 545. The molecule has 1 aromatic carbocycles. The first-order valence-electron chi connectivity index (χ1n) is 8.13. The van der Waals surface area contributed by atoms with Gasteiger partial charge in [-0.3, -0.25) is 4.84 Å². The Balaban J connectivity index is 2.05. The maximum atomic E-state index is 12.2. The summed E-state index contributed by atoms with van der Waals surface area (Å²) >= 11 is 0. The molecule has 1 aromatic rings. The van der Waals surface area contributed by atoms with Crippen LogP contribution in [-0.2, 0) is 4.84 Å². The summed E-state index contributed by atoms with van der Waals surface area (Å²) in [6.45, 7) is 1.70. The number of nitrogens with zero attached hydrogens (tertiary/aromatic N) is 2. The van der Waals surface area contributed by atoms with Crippen LogP contribution in [0.1, 0.15) is 24.4 Å². The highest BCUT2D eigenvalue weighted by atomic mass is 16.7. The van der Waals surface area contributed by atoms with Crippen LogP contribution in [0.5, 0.6) is 11.5 Å². The average molecular weight is 337 g/mol. The molecule has 1 atom stereocenters. The molecule has 0 saturated carbocycles. The molecule has 0 unspecified atom stereocenters. The lowest BCUT2D eigenvalue weighted by molar-refractivity contribution is -0.139. The second kappa shape index (κ2) is 8.75. The van der Waals surface area contributed by atoms with Crippen molar-refractivity contribution in [2.24, 2.45) is 0 Å². The molecule has 0 spiro atoms. The maximum absolute atomic E-state index is 12.2. The molecule has 24 heavy (non-hydrogen) atoms. The lowest BCUT2D eigenvalue weighted by atomic mass is 10.1. The molecule has 2 rings (SSSR count). The van der Waals surface area contributed by atoms with Gasteiger partial charge in [0.05, 0.1) is 33.4 Å². The zero-order valence-corrected chi connectivity index (χ0v) is 14.9. The summed E-state index contributed by atoms with van der Waals surface area (Å²) in [4.78, 5) is 19.6. The second-order valence-corrected chi connectivity index (χ2v) is 5.92. The number of likely N-dealkylation sites (N-methyl/N-ethyl adjacent to an activating group) is 1. The van der Waals surface area contributed by atoms with E-state index in [9.17, 15) is 4.79 Å². The molecule has 1 N–H and O–H groups in total. The van der Waals surface area contributed by atoms with E-state index in [1.807, 2.05) is 32.3 Å². The van der Waals surface area contributed by atoms with Crippen molar-refractivity contribution in [2.45, 2.75) is 18.9 Å². The molecule has 7 heteroatoms. The summed E-state index contributed by atoms with van der Waals surface area (Å²) in [5.41, 5.74) is 1.04. The zero-order chi connectivity index (χ0) is 17.5. The third kappa shape index (κ3) is 4.52. The number of carbonyl (C=O) groups is 1. The highest BCUT2D eigenvalue weighted by Crippen LogP contribution is 2.31. The number of urea groups is 1. The first kappa shape index (κ1) is 18.4. The van der Waals surface area contributed by atoms with Crippen LogP contribution in [0.2, 0.25) is 0 Å². The number of benzene rings is 1. The highest BCUT2D eigenvalue weighted by Gasteiger charge is 2.21. The highest BCUT2D eigenvalue weighted by molar-refractivity contribution is 5.73. The Morgan fingerprint density at radius 1 is 1.29 bits per heavy atom. The first-order chi connectivity index (χ1) is 11.6. The number of amides is 2. The van der Waals surface area contributed by atoms with Gasteiger partial charge < -0.3 is 19.7 Å². The molecule has 0 radical (unpaired) electrons. The number of hydroxylamine groups is 2. The van der Waals surface area contributed by atoms with Crippen molar-refractivity contribution >= 4 is 6.03 Å². The number of nitrogens with one attached hydrogen (secondary N) is 1. The number of ether oxygens (including phenoxy) is 2. The molecule has 1 fully saturated rings. The molecule has 0 aliphatic carbocycles. The van der Waals surface area contributed by atoms with Crippen LogP contribution in [0.3, 0.4) is 0 Å². The Morgan fingerprint density at radius 3 is 2.62 bits per heavy atom. The van der Waals surface area contributed by atoms with Crippen LogP contribution in [0, 0.1) is 0 Å². The molecule has 2 amide bonds. The van der Waals surface area contributed by atoms with Crippen LogP contribution in [0.25, 0.3) is 0 Å². The standard InChI is InChI=1S/C17H27N3O4/c1-19(2)14(12-18-17(21)20-9-5-6-10-24-20)13-7-8-15(22-3)16(11-13)23-4/h7-8,11,14H,5-6,9-10,12H2,1-4H3,(H,18,21)/t14-/m1/s1. The Kier molecular flexibility index (Phi) is 6.69. The minimum atomic E-state index is -0.193. The molecular weight excluding hydrogens is 310 g/mol. The lowest BCUT2D eigenvalue weighted by Gasteiger charge is -2.29. The molecule has 0 bridgehead atoms. The van der Waals surface area contributed by atoms with E-state index >= 15 is 0 Å². The van der Waals surface area contributed by atoms with Gasteiger partial charge in [0.25, 0.3) is 0 Å². The van der Waals surface area contributed by atoms with Gasteiger partial charge >= 0.3 is 6.03 Å². The molecule has 1 saturated heterocycles. The van der Waals surface area contributed by atoms with Crippen LogP contribution in [-0.4, -0.2) is 64.0 Å². The quantitative estimate of drug-likeness (QED) is 0.861. The van der Waals surface area contributed by atoms with Crippen molar-refractivity contribution < 1.29 is 19.1 Å². The minimum Gasteiger partial charge on any atom is -0.493 e. The average Bonchev–Trinajstić information content (AvgIpc) is 2.61. The predicted molar refractivity (Wildman–Crippen MR) is 91.3 cm³/mol. The minimum absolute atomic E-state index is 0.0125. The molecule has 134 valence electrons. The molecule has 0 aromatic heterocycles. The monoisotopic (exact) mass is 337 g/mol. The molecule has 7 nitrogen and oxygen atoms in total. The first-order valence-corrected chi connectivity index (χ1v) is 8.13. The van der Waals surface area contributed by atoms with E-state index < -0.39 is 0 Å². The van der Waals surface area contributed by atoms with Gasteiger partial charge in [0.1, 0.15) is 0 Å². The van der Waals surface area contributed by atoms with Crippen molar-refractivity contribution in [1.29, 1.82) is 0 Å². The smallest absolute Gasteiger partial charge is 0.341 e. The van der Waals surface area contributed by atoms with Gasteiger partial charge in [0.2, 0.25) is 0 Å². The van der Waals surface area contributed by atoms with E-state index in [0.29, 0.717) is 31.2 Å². The van der Waals surface area contributed by atoms with Crippen LogP contribution in [0.4, 0.5) is 4.79 Å². The van der Waals surface area contributed by atoms with Crippen molar-refractivity contribution in [3.05, 3.63) is 23.8 Å². The topological polar surface area (TPSA) is 63.3 Å². The van der Waals surface area contributed by atoms with E-state index in [1.165, 1.54) is 5.06 Å². The largest absolute Gasteiger partial charge is 0.493 e. The van der Waals surface area contributed by atoms with E-state index in [-0.39, 0.29) is 12.1 Å². The van der Waals surface area contributed by atoms with Crippen LogP contribution in [0.15, 0.2) is 18.2 Å². The van der Waals surface area contributed by atoms with Gasteiger partial charge in [0.15, 0.2) is 11.5 Å². The number of methoxy groups -OCH3 is 2. The van der Waals surface area contributed by atoms with Gasteiger partial charge in [-0.1, -0.05) is 6.07 Å². The normalized spacial score (nSPS) is 16.0. The number of hydrogen-bond donors (Lipinski definition) is 1.